The van der Waals surface area contributed by atoms with E-state index in [0.717, 1.165) is 15.7 Å². The summed E-state index contributed by atoms with van der Waals surface area (Å²) in [6.07, 6.45) is 2.82. The summed E-state index contributed by atoms with van der Waals surface area (Å²) in [4.78, 5) is 30.1. The van der Waals surface area contributed by atoms with Crippen molar-refractivity contribution in [3.05, 3.63) is 77.5 Å². The first kappa shape index (κ1) is 29.4. The molecule has 0 aliphatic heterocycles. The maximum atomic E-state index is 13.5. The van der Waals surface area contributed by atoms with Crippen LogP contribution < -0.4 is 19.0 Å². The van der Waals surface area contributed by atoms with E-state index in [1.165, 1.54) is 43.5 Å². The molecule has 5 rings (SSSR count). The van der Waals surface area contributed by atoms with Gasteiger partial charge < -0.3 is 24.2 Å². The van der Waals surface area contributed by atoms with Crippen LogP contribution in [-0.4, -0.2) is 60.7 Å². The Morgan fingerprint density at radius 1 is 0.905 bits per heavy atom. The molecule has 0 radical (unpaired) electrons. The van der Waals surface area contributed by atoms with Crippen molar-refractivity contribution in [3.63, 3.8) is 0 Å². The molecule has 218 valence electrons. The lowest BCUT2D eigenvalue weighted by atomic mass is 10.2. The van der Waals surface area contributed by atoms with Crippen LogP contribution in [0.3, 0.4) is 0 Å². The average molecular weight is 676 g/mol. The molecule has 3 aromatic carbocycles. The van der Waals surface area contributed by atoms with Crippen LogP contribution in [0.25, 0.3) is 21.8 Å². The zero-order valence-electron chi connectivity index (χ0n) is 22.1. The van der Waals surface area contributed by atoms with E-state index in [0.29, 0.717) is 42.7 Å². The van der Waals surface area contributed by atoms with E-state index in [2.05, 4.69) is 15.9 Å². The number of fused-ring (bicyclic) bond motifs is 2. The Hall–Kier alpha value is -4.14. The average Bonchev–Trinajstić information content (AvgIpc) is 3.52. The Kier molecular flexibility index (Phi) is 8.38. The quantitative estimate of drug-likeness (QED) is 0.194. The van der Waals surface area contributed by atoms with Gasteiger partial charge in [-0.2, -0.15) is 4.73 Å². The third kappa shape index (κ3) is 5.91. The van der Waals surface area contributed by atoms with Gasteiger partial charge in [0.1, 0.15) is 17.2 Å². The number of carbonyl (C=O) groups is 2. The number of carbonyl (C=O) groups excluding carboxylic acids is 1. The first-order valence-corrected chi connectivity index (χ1v) is 15.4. The van der Waals surface area contributed by atoms with E-state index in [4.69, 9.17) is 24.2 Å². The van der Waals surface area contributed by atoms with Crippen LogP contribution in [0.15, 0.2) is 87.3 Å². The summed E-state index contributed by atoms with van der Waals surface area (Å²) >= 11 is 4.47. The summed E-state index contributed by atoms with van der Waals surface area (Å²) in [7, 11) is -1.02. The third-order valence-corrected chi connectivity index (χ3v) is 9.36. The van der Waals surface area contributed by atoms with Crippen LogP contribution in [-0.2, 0) is 19.6 Å². The lowest BCUT2D eigenvalue weighted by molar-refractivity contribution is -0.146. The molecule has 42 heavy (non-hydrogen) atoms. The summed E-state index contributed by atoms with van der Waals surface area (Å²) < 4.78 is 46.2. The second-order valence-electron chi connectivity index (χ2n) is 8.77. The van der Waals surface area contributed by atoms with Crippen molar-refractivity contribution in [2.24, 2.45) is 0 Å². The lowest BCUT2D eigenvalue weighted by Gasteiger charge is -2.08. The maximum absolute atomic E-state index is 13.5. The van der Waals surface area contributed by atoms with Crippen molar-refractivity contribution >= 4 is 71.5 Å². The van der Waals surface area contributed by atoms with Gasteiger partial charge in [0.05, 0.1) is 48.3 Å². The van der Waals surface area contributed by atoms with Crippen LogP contribution in [0.2, 0.25) is 0 Å². The standard InChI is InChI=1S/C28H23BrN2O9S2/c1-37-18-4-7-20(8-5-18)42(35,36)31-13-25(21-11-17(29)3-9-24(21)31)39-15-28(34)40-30-14-26(41-16-27(32)33)22-12-19(38-2)6-10-23(22)30/h3-14H,15-16H2,1-2H3,(H,32,33). The van der Waals surface area contributed by atoms with Gasteiger partial charge in [-0.1, -0.05) is 15.9 Å². The van der Waals surface area contributed by atoms with E-state index >= 15 is 0 Å². The van der Waals surface area contributed by atoms with E-state index in [1.54, 1.807) is 48.5 Å². The molecule has 0 bridgehead atoms. The molecule has 11 nitrogen and oxygen atoms in total. The van der Waals surface area contributed by atoms with E-state index in [1.807, 2.05) is 0 Å². The monoisotopic (exact) mass is 674 g/mol. The van der Waals surface area contributed by atoms with Crippen molar-refractivity contribution in [1.29, 1.82) is 0 Å². The number of thioether (sulfide) groups is 1. The van der Waals surface area contributed by atoms with Gasteiger partial charge in [-0.25, -0.2) is 17.2 Å². The summed E-state index contributed by atoms with van der Waals surface area (Å²) in [5.41, 5.74) is 0.867. The highest BCUT2D eigenvalue weighted by Gasteiger charge is 2.23. The van der Waals surface area contributed by atoms with Crippen molar-refractivity contribution in [2.45, 2.75) is 9.79 Å². The van der Waals surface area contributed by atoms with Gasteiger partial charge in [0.15, 0.2) is 6.61 Å². The summed E-state index contributed by atoms with van der Waals surface area (Å²) in [5.74, 6) is -0.730. The van der Waals surface area contributed by atoms with Crippen LogP contribution in [0.1, 0.15) is 0 Å². The molecule has 2 aromatic heterocycles. The maximum Gasteiger partial charge on any atom is 0.369 e. The number of hydrogen-bond acceptors (Lipinski definition) is 9. The summed E-state index contributed by atoms with van der Waals surface area (Å²) in [6, 6.07) is 16.1. The SMILES string of the molecule is COc1ccc(S(=O)(=O)n2cc(OCC(=O)On3cc(SCC(=O)O)c4cc(OC)ccc43)c3cc(Br)ccc32)cc1. The molecule has 0 unspecified atom stereocenters. The molecule has 5 aromatic rings. The van der Waals surface area contributed by atoms with Crippen molar-refractivity contribution in [1.82, 2.24) is 8.70 Å². The number of hydrogen-bond donors (Lipinski definition) is 1. The summed E-state index contributed by atoms with van der Waals surface area (Å²) in [5, 5.41) is 10.2. The fraction of sp³-hybridized carbons (Fsp3) is 0.143. The van der Waals surface area contributed by atoms with Gasteiger partial charge >= 0.3 is 11.9 Å². The Balaban J connectivity index is 1.41. The number of nitrogens with zero attached hydrogens (tertiary/aromatic N) is 2. The molecule has 0 aliphatic rings. The van der Waals surface area contributed by atoms with Gasteiger partial charge in [0, 0.05) is 20.1 Å². The van der Waals surface area contributed by atoms with Gasteiger partial charge in [0.2, 0.25) is 0 Å². The predicted octanol–water partition coefficient (Wildman–Crippen LogP) is 4.82. The molecule has 0 saturated heterocycles. The Labute approximate surface area is 252 Å². The topological polar surface area (TPSA) is 135 Å². The normalized spacial score (nSPS) is 11.5. The van der Waals surface area contributed by atoms with E-state index in [9.17, 15) is 18.0 Å². The van der Waals surface area contributed by atoms with E-state index in [-0.39, 0.29) is 16.4 Å². The lowest BCUT2D eigenvalue weighted by Crippen LogP contribution is -2.24. The summed E-state index contributed by atoms with van der Waals surface area (Å²) in [6.45, 7) is -0.540. The number of rotatable bonds is 11. The molecule has 0 fully saturated rings. The second kappa shape index (κ2) is 12.0. The van der Waals surface area contributed by atoms with Crippen LogP contribution in [0.5, 0.6) is 17.2 Å². The molecule has 1 N–H and O–H groups in total. The van der Waals surface area contributed by atoms with Crippen molar-refractivity contribution < 1.29 is 42.2 Å². The fourth-order valence-electron chi connectivity index (χ4n) is 4.20. The Morgan fingerprint density at radius 3 is 2.29 bits per heavy atom. The molecule has 0 amide bonds. The zero-order chi connectivity index (χ0) is 30.0. The van der Waals surface area contributed by atoms with Gasteiger partial charge in [-0.15, -0.1) is 11.8 Å². The highest BCUT2D eigenvalue weighted by Crippen LogP contribution is 2.34. The largest absolute Gasteiger partial charge is 0.497 e. The third-order valence-electron chi connectivity index (χ3n) is 6.15. The number of carboxylic acids is 1. The number of ether oxygens (including phenoxy) is 3. The number of halogens is 1. The van der Waals surface area contributed by atoms with Crippen LogP contribution in [0.4, 0.5) is 0 Å². The molecule has 0 aliphatic carbocycles. The highest BCUT2D eigenvalue weighted by molar-refractivity contribution is 9.10. The molecule has 0 atom stereocenters. The Bertz CT molecular complexity index is 1920. The van der Waals surface area contributed by atoms with Gasteiger partial charge in [-0.3, -0.25) is 4.79 Å². The molecule has 2 heterocycles. The van der Waals surface area contributed by atoms with Gasteiger partial charge in [0.25, 0.3) is 10.0 Å². The first-order chi connectivity index (χ1) is 20.1. The minimum atomic E-state index is -4.02. The predicted molar refractivity (Wildman–Crippen MR) is 159 cm³/mol. The second-order valence-corrected chi connectivity index (χ2v) is 12.5. The van der Waals surface area contributed by atoms with Crippen molar-refractivity contribution in [3.8, 4) is 17.2 Å². The molecule has 0 spiro atoms. The van der Waals surface area contributed by atoms with Gasteiger partial charge in [-0.05, 0) is 60.7 Å². The Morgan fingerprint density at radius 2 is 1.60 bits per heavy atom. The van der Waals surface area contributed by atoms with E-state index < -0.39 is 28.6 Å². The fourth-order valence-corrected chi connectivity index (χ4v) is 6.69. The molecule has 14 heteroatoms. The number of aliphatic carboxylic acids is 1. The molecule has 0 saturated carbocycles. The number of aromatic nitrogens is 2. The van der Waals surface area contributed by atoms with Crippen molar-refractivity contribution in [2.75, 3.05) is 26.6 Å². The van der Waals surface area contributed by atoms with Crippen LogP contribution in [0, 0.1) is 0 Å². The number of benzene rings is 3. The first-order valence-electron chi connectivity index (χ1n) is 12.2. The highest BCUT2D eigenvalue weighted by atomic mass is 79.9. The smallest absolute Gasteiger partial charge is 0.369 e. The minimum absolute atomic E-state index is 0.0433. The van der Waals surface area contributed by atoms with Crippen LogP contribution >= 0.6 is 27.7 Å². The molecular weight excluding hydrogens is 652 g/mol. The molecular formula is C28H23BrN2O9S2. The number of methoxy groups -OCH3 is 2. The minimum Gasteiger partial charge on any atom is -0.497 e. The number of carboxylic acid groups (broad SMARTS) is 1. The zero-order valence-corrected chi connectivity index (χ0v) is 25.4.